The molecule has 2 nitrogen and oxygen atoms in total. The molecule has 3 rings (SSSR count). The second-order valence-corrected chi connectivity index (χ2v) is 6.39. The van der Waals surface area contributed by atoms with Gasteiger partial charge >= 0.3 is 0 Å². The lowest BCUT2D eigenvalue weighted by molar-refractivity contribution is 0.623. The van der Waals surface area contributed by atoms with E-state index in [1.54, 1.807) is 12.3 Å². The zero-order valence-corrected chi connectivity index (χ0v) is 13.8. The Morgan fingerprint density at radius 2 is 1.90 bits per heavy atom. The van der Waals surface area contributed by atoms with Crippen molar-refractivity contribution in [3.63, 3.8) is 0 Å². The third-order valence-electron chi connectivity index (χ3n) is 3.59. The molecule has 0 bridgehead atoms. The van der Waals surface area contributed by atoms with Crippen LogP contribution < -0.4 is 4.90 Å². The van der Waals surface area contributed by atoms with Gasteiger partial charge in [0.1, 0.15) is 5.82 Å². The highest BCUT2D eigenvalue weighted by atomic mass is 127. The maximum absolute atomic E-state index is 14.2. The summed E-state index contributed by atoms with van der Waals surface area (Å²) in [7, 11) is 0. The molecule has 0 atom stereocenters. The Morgan fingerprint density at radius 1 is 1.10 bits per heavy atom. The van der Waals surface area contributed by atoms with Crippen molar-refractivity contribution in [2.75, 3.05) is 18.0 Å². The van der Waals surface area contributed by atoms with E-state index < -0.39 is 0 Å². The van der Waals surface area contributed by atoms with Crippen molar-refractivity contribution in [2.24, 2.45) is 4.99 Å². The molecule has 0 spiro atoms. The van der Waals surface area contributed by atoms with E-state index >= 15 is 0 Å². The predicted octanol–water partition coefficient (Wildman–Crippen LogP) is 4.78. The lowest BCUT2D eigenvalue weighted by Gasteiger charge is -2.18. The van der Waals surface area contributed by atoms with Crippen LogP contribution in [0.1, 0.15) is 18.4 Å². The van der Waals surface area contributed by atoms with Gasteiger partial charge in [-0.2, -0.15) is 0 Å². The van der Waals surface area contributed by atoms with E-state index in [-0.39, 0.29) is 5.82 Å². The molecule has 21 heavy (non-hydrogen) atoms. The minimum Gasteiger partial charge on any atom is -0.369 e. The van der Waals surface area contributed by atoms with Crippen LogP contribution in [-0.2, 0) is 0 Å². The summed E-state index contributed by atoms with van der Waals surface area (Å²) in [5.41, 5.74) is 2.37. The number of hydrogen-bond acceptors (Lipinski definition) is 2. The Hall–Kier alpha value is -1.43. The molecule has 2 aromatic carbocycles. The Balaban J connectivity index is 1.78. The van der Waals surface area contributed by atoms with Crippen LogP contribution in [0.25, 0.3) is 0 Å². The maximum atomic E-state index is 14.2. The highest BCUT2D eigenvalue weighted by Gasteiger charge is 2.15. The molecular formula is C17H16FIN2. The van der Waals surface area contributed by atoms with Crippen molar-refractivity contribution in [2.45, 2.75) is 12.8 Å². The van der Waals surface area contributed by atoms with Crippen LogP contribution in [0, 0.1) is 9.39 Å². The largest absolute Gasteiger partial charge is 0.369 e. The van der Waals surface area contributed by atoms with Gasteiger partial charge in [-0.1, -0.05) is 12.1 Å². The fourth-order valence-electron chi connectivity index (χ4n) is 2.52. The molecule has 1 saturated heterocycles. The van der Waals surface area contributed by atoms with E-state index in [2.05, 4.69) is 32.5 Å². The molecule has 0 unspecified atom stereocenters. The molecule has 0 saturated carbocycles. The van der Waals surface area contributed by atoms with Gasteiger partial charge in [-0.05, 0) is 71.3 Å². The van der Waals surface area contributed by atoms with Gasteiger partial charge in [-0.3, -0.25) is 4.99 Å². The Kier molecular flexibility index (Phi) is 4.53. The van der Waals surface area contributed by atoms with Crippen LogP contribution in [0.15, 0.2) is 47.5 Å². The molecule has 0 radical (unpaired) electrons. The maximum Gasteiger partial charge on any atom is 0.147 e. The summed E-state index contributed by atoms with van der Waals surface area (Å²) >= 11 is 2.25. The summed E-state index contributed by atoms with van der Waals surface area (Å²) in [6, 6.07) is 13.3. The monoisotopic (exact) mass is 394 g/mol. The summed E-state index contributed by atoms with van der Waals surface area (Å²) in [6.45, 7) is 1.90. The van der Waals surface area contributed by atoms with Crippen molar-refractivity contribution in [3.05, 3.63) is 57.4 Å². The van der Waals surface area contributed by atoms with E-state index in [1.165, 1.54) is 0 Å². The molecule has 0 N–H and O–H groups in total. The second-order valence-electron chi connectivity index (χ2n) is 5.14. The molecule has 0 aromatic heterocycles. The fourth-order valence-corrected chi connectivity index (χ4v) is 3.05. The van der Waals surface area contributed by atoms with Crippen LogP contribution in [0.4, 0.5) is 15.8 Å². The van der Waals surface area contributed by atoms with Crippen molar-refractivity contribution < 1.29 is 4.39 Å². The zero-order valence-electron chi connectivity index (χ0n) is 11.6. The van der Waals surface area contributed by atoms with Crippen LogP contribution in [0.2, 0.25) is 0 Å². The first-order valence-corrected chi connectivity index (χ1v) is 8.14. The Morgan fingerprint density at radius 3 is 2.62 bits per heavy atom. The van der Waals surface area contributed by atoms with Crippen molar-refractivity contribution in [3.8, 4) is 0 Å². The summed E-state index contributed by atoms with van der Waals surface area (Å²) in [5, 5.41) is 0. The Labute approximate surface area is 137 Å². The lowest BCUT2D eigenvalue weighted by Crippen LogP contribution is -2.18. The summed E-state index contributed by atoms with van der Waals surface area (Å²) in [5.74, 6) is -0.163. The molecule has 2 aromatic rings. The number of rotatable bonds is 3. The Bertz CT molecular complexity index is 664. The van der Waals surface area contributed by atoms with Crippen molar-refractivity contribution in [1.82, 2.24) is 0 Å². The number of anilines is 1. The topological polar surface area (TPSA) is 15.6 Å². The van der Waals surface area contributed by atoms with Crippen LogP contribution >= 0.6 is 22.6 Å². The fraction of sp³-hybridized carbons (Fsp3) is 0.235. The van der Waals surface area contributed by atoms with E-state index in [4.69, 9.17) is 0 Å². The summed E-state index contributed by atoms with van der Waals surface area (Å²) in [6.07, 6.45) is 4.01. The van der Waals surface area contributed by atoms with E-state index in [1.807, 2.05) is 36.4 Å². The molecule has 108 valence electrons. The van der Waals surface area contributed by atoms with E-state index in [9.17, 15) is 4.39 Å². The molecular weight excluding hydrogens is 378 g/mol. The number of benzene rings is 2. The third kappa shape index (κ3) is 3.61. The molecule has 0 amide bonds. The minimum absolute atomic E-state index is 0.163. The van der Waals surface area contributed by atoms with E-state index in [0.717, 1.165) is 40.8 Å². The first-order chi connectivity index (χ1) is 10.2. The van der Waals surface area contributed by atoms with Gasteiger partial charge in [0.15, 0.2) is 0 Å². The first kappa shape index (κ1) is 14.5. The van der Waals surface area contributed by atoms with Gasteiger partial charge in [0.2, 0.25) is 0 Å². The van der Waals surface area contributed by atoms with Crippen LogP contribution in [0.3, 0.4) is 0 Å². The number of aliphatic imine (C=N–C) groups is 1. The summed E-state index contributed by atoms with van der Waals surface area (Å²) < 4.78 is 15.3. The molecule has 1 heterocycles. The average Bonchev–Trinajstić information content (AvgIpc) is 2.99. The normalized spacial score (nSPS) is 15.0. The minimum atomic E-state index is -0.163. The first-order valence-electron chi connectivity index (χ1n) is 7.06. The molecule has 4 heteroatoms. The predicted molar refractivity (Wildman–Crippen MR) is 94.3 cm³/mol. The summed E-state index contributed by atoms with van der Waals surface area (Å²) in [4.78, 5) is 6.50. The van der Waals surface area contributed by atoms with Gasteiger partial charge in [-0.15, -0.1) is 0 Å². The average molecular weight is 394 g/mol. The van der Waals surface area contributed by atoms with Crippen LogP contribution in [0.5, 0.6) is 0 Å². The van der Waals surface area contributed by atoms with Gasteiger partial charge in [0.05, 0.1) is 11.4 Å². The third-order valence-corrected chi connectivity index (χ3v) is 4.26. The number of halogens is 2. The van der Waals surface area contributed by atoms with Crippen molar-refractivity contribution in [1.29, 1.82) is 0 Å². The molecule has 1 aliphatic heterocycles. The lowest BCUT2D eigenvalue weighted by atomic mass is 10.2. The van der Waals surface area contributed by atoms with Crippen molar-refractivity contribution >= 4 is 40.2 Å². The second kappa shape index (κ2) is 6.56. The highest BCUT2D eigenvalue weighted by molar-refractivity contribution is 14.1. The molecule has 1 aliphatic rings. The quantitative estimate of drug-likeness (QED) is 0.541. The van der Waals surface area contributed by atoms with Gasteiger partial charge in [0.25, 0.3) is 0 Å². The standard InChI is InChI=1S/C17H16FIN2/c18-16-10-13(6-7-17(16)21-8-1-2-9-21)12-20-15-5-3-4-14(19)11-15/h3-7,10-12H,1-2,8-9H2. The highest BCUT2D eigenvalue weighted by Crippen LogP contribution is 2.24. The zero-order chi connectivity index (χ0) is 14.7. The number of nitrogens with zero attached hydrogens (tertiary/aromatic N) is 2. The van der Waals surface area contributed by atoms with Gasteiger partial charge < -0.3 is 4.90 Å². The molecule has 1 fully saturated rings. The van der Waals surface area contributed by atoms with Crippen LogP contribution in [-0.4, -0.2) is 19.3 Å². The van der Waals surface area contributed by atoms with Gasteiger partial charge in [-0.25, -0.2) is 4.39 Å². The molecule has 0 aliphatic carbocycles. The smallest absolute Gasteiger partial charge is 0.147 e. The number of hydrogen-bond donors (Lipinski definition) is 0. The SMILES string of the molecule is Fc1cc(C=Nc2cccc(I)c2)ccc1N1CCCC1. The van der Waals surface area contributed by atoms with Gasteiger partial charge in [0, 0.05) is 22.9 Å². The van der Waals surface area contributed by atoms with E-state index in [0.29, 0.717) is 5.69 Å².